The van der Waals surface area contributed by atoms with E-state index in [1.54, 1.807) is 0 Å². The summed E-state index contributed by atoms with van der Waals surface area (Å²) in [5.74, 6) is 0. The third-order valence-electron chi connectivity index (χ3n) is 0. The maximum absolute atomic E-state index is 8.36. The minimum Gasteiger partial charge on any atom is -1.00 e. The average Bonchev–Trinajstić information content (AvgIpc) is 1.94. The molecule has 0 unspecified atom stereocenters. The van der Waals surface area contributed by atoms with Gasteiger partial charge in [-0.1, -0.05) is 0 Å². The van der Waals surface area contributed by atoms with E-state index in [9.17, 15) is 0 Å². The molecule has 0 aromatic heterocycles. The van der Waals surface area contributed by atoms with Crippen LogP contribution in [0.1, 0.15) is 22.8 Å². The Bertz CT molecular complexity index is 283. The van der Waals surface area contributed by atoms with Gasteiger partial charge in [-0.3, -0.25) is 0 Å². The van der Waals surface area contributed by atoms with Crippen molar-refractivity contribution in [3.05, 3.63) is 50.6 Å². The van der Waals surface area contributed by atoms with Crippen LogP contribution < -0.4 is 302 Å². The summed E-state index contributed by atoms with van der Waals surface area (Å²) in [6.07, 6.45) is 0. The molecule has 0 saturated carbocycles. The van der Waals surface area contributed by atoms with Crippen molar-refractivity contribution in [3.8, 4) is 0 Å². The van der Waals surface area contributed by atoms with E-state index in [4.69, 9.17) is 76.6 Å². The third kappa shape index (κ3) is 1900. The molecule has 20 nitrogen and oxygen atoms in total. The molecule has 0 atom stereocenters. The Hall–Kier alpha value is 5.56. The smallest absolute Gasteiger partial charge is 1.00 e. The Kier molecular flexibility index (Phi) is 675. The molecule has 0 aliphatic carbocycles. The van der Waals surface area contributed by atoms with E-state index in [0.29, 0.717) is 0 Å². The molecule has 0 rings (SSSR count). The first-order chi connectivity index (χ1) is 8.66. The Morgan fingerprint density at radius 1 is 0.278 bits per heavy atom. The van der Waals surface area contributed by atoms with Crippen molar-refractivity contribution in [3.63, 3.8) is 0 Å². The maximum Gasteiger partial charge on any atom is 1.00 e. The predicted molar refractivity (Wildman–Crippen MR) is 61.7 cm³/mol. The summed E-state index contributed by atoms with van der Waals surface area (Å²) in [6.45, 7) is 0. The van der Waals surface area contributed by atoms with Gasteiger partial charge in [0.2, 0.25) is 0 Å². The Labute approximate surface area is 420 Å². The van der Waals surface area contributed by atoms with Gasteiger partial charge in [0.25, 0.3) is 25.4 Å². The van der Waals surface area contributed by atoms with Crippen LogP contribution in [-0.4, -0.2) is 51.5 Å². The molecule has 152 valence electrons. The third-order valence-corrected chi connectivity index (χ3v) is 0. The van der Waals surface area contributed by atoms with E-state index >= 15 is 0 Å². The number of rotatable bonds is 0. The second kappa shape index (κ2) is 150. The van der Waals surface area contributed by atoms with Gasteiger partial charge in [-0.15, -0.1) is 50.6 Å². The standard InChI is InChI=1S/16Li.5HNO3.16H/c;;;;;;;;;;;;;;;;5*2-1(3)4;;;;;;;;;;;;;;;;/h;;;;;;;;;;;;;;;;5*(H,2,3,4);;;;;;;;;;;;;;;;/q16*+1;;;;;;16*-1. The Balaban J connectivity index is -0.00000000134. The van der Waals surface area contributed by atoms with Crippen LogP contribution in [0.5, 0.6) is 0 Å². The van der Waals surface area contributed by atoms with E-state index in [1.807, 2.05) is 0 Å². The fraction of sp³-hybridized carbons (Fsp3) is 0. The first-order valence-corrected chi connectivity index (χ1v) is 2.83. The molecule has 0 aromatic rings. The monoisotopic (exact) mass is 443 g/mol. The van der Waals surface area contributed by atoms with Crippen molar-refractivity contribution < 1.29 is 376 Å². The van der Waals surface area contributed by atoms with E-state index < -0.39 is 25.4 Å². The zero-order valence-corrected chi connectivity index (χ0v) is 24.6. The molecule has 36 heteroatoms. The van der Waals surface area contributed by atoms with Crippen LogP contribution in [0.4, 0.5) is 0 Å². The van der Waals surface area contributed by atoms with Gasteiger partial charge in [0, 0.05) is 0 Å². The molecule has 5 N–H and O–H groups in total. The molecule has 36 heavy (non-hydrogen) atoms. The molecular formula is H21Li16N5O15. The van der Waals surface area contributed by atoms with Gasteiger partial charge >= 0.3 is 302 Å². The van der Waals surface area contributed by atoms with E-state index in [-0.39, 0.29) is 325 Å². The summed E-state index contributed by atoms with van der Waals surface area (Å²) in [5, 5.41) is 68.2. The molecule has 0 spiro atoms. The van der Waals surface area contributed by atoms with Gasteiger partial charge in [0.05, 0.1) is 0 Å². The second-order valence-corrected chi connectivity index (χ2v) is 1.19. The molecule has 0 aliphatic heterocycles. The largest absolute Gasteiger partial charge is 1.00 e. The molecule has 0 aromatic carbocycles. The fourth-order valence-electron chi connectivity index (χ4n) is 0. The van der Waals surface area contributed by atoms with Crippen molar-refractivity contribution in [2.45, 2.75) is 0 Å². The maximum atomic E-state index is 8.36. The SMILES string of the molecule is O=[N+]([O-])O.O=[N+]([O-])O.O=[N+]([O-])O.O=[N+]([O-])O.O=[N+]([O-])O.[H-].[H-].[H-].[H-].[H-].[H-].[H-].[H-].[H-].[H-].[H-].[H-].[H-].[H-].[H-].[H-].[Li+].[Li+].[Li+].[Li+].[Li+].[Li+].[Li+].[Li+].[Li+].[Li+].[Li+].[Li+].[Li+].[Li+].[Li+].[Li+]. The van der Waals surface area contributed by atoms with Crippen molar-refractivity contribution in [1.29, 1.82) is 0 Å². The zero-order chi connectivity index (χ0) is 17.9. The number of nitrogens with zero attached hydrogens (tertiary/aromatic N) is 5. The van der Waals surface area contributed by atoms with Crippen LogP contribution in [0.15, 0.2) is 0 Å². The van der Waals surface area contributed by atoms with Gasteiger partial charge in [0.15, 0.2) is 0 Å². The van der Waals surface area contributed by atoms with Crippen LogP contribution in [0.25, 0.3) is 0 Å². The number of hydrogen-bond acceptors (Lipinski definition) is 10. The van der Waals surface area contributed by atoms with Crippen LogP contribution in [0.3, 0.4) is 0 Å². The van der Waals surface area contributed by atoms with Crippen LogP contribution in [-0.2, 0) is 0 Å². The molecule has 0 fully saturated rings. The normalized spacial score (nSPS) is 3.33. The minimum atomic E-state index is -1.50. The summed E-state index contributed by atoms with van der Waals surface area (Å²) in [7, 11) is 0. The number of hydrogen-bond donors (Lipinski definition) is 5. The Morgan fingerprint density at radius 3 is 0.278 bits per heavy atom. The quantitative estimate of drug-likeness (QED) is 0.132. The van der Waals surface area contributed by atoms with Crippen molar-refractivity contribution in [2.75, 3.05) is 0 Å². The van der Waals surface area contributed by atoms with E-state index in [1.165, 1.54) is 0 Å². The van der Waals surface area contributed by atoms with Gasteiger partial charge in [0.1, 0.15) is 0 Å². The fourth-order valence-corrected chi connectivity index (χ4v) is 0. The van der Waals surface area contributed by atoms with Gasteiger partial charge in [-0.05, 0) is 0 Å². The van der Waals surface area contributed by atoms with Gasteiger partial charge in [-0.2, -0.15) is 0 Å². The molecule has 0 heterocycles. The van der Waals surface area contributed by atoms with Gasteiger partial charge < -0.3 is 48.9 Å². The summed E-state index contributed by atoms with van der Waals surface area (Å²) in [6, 6.07) is 0. The topological polar surface area (TPSA) is 317 Å². The molecule has 0 bridgehead atoms. The first kappa shape index (κ1) is 162. The average molecular weight is 442 g/mol. The van der Waals surface area contributed by atoms with E-state index in [2.05, 4.69) is 0 Å². The summed E-state index contributed by atoms with van der Waals surface area (Å²) in [4.78, 5) is 41.8. The summed E-state index contributed by atoms with van der Waals surface area (Å²) < 4.78 is 0. The second-order valence-electron chi connectivity index (χ2n) is 1.19. The molecular weight excluding hydrogens is 421 g/mol. The van der Waals surface area contributed by atoms with Crippen molar-refractivity contribution in [1.82, 2.24) is 0 Å². The predicted octanol–water partition coefficient (Wildman–Crippen LogP) is -47.9. The van der Waals surface area contributed by atoms with E-state index in [0.717, 1.165) is 0 Å². The zero-order valence-electron chi connectivity index (χ0n) is 40.6. The van der Waals surface area contributed by atoms with Gasteiger partial charge in [-0.25, -0.2) is 0 Å². The molecule has 0 amide bonds. The van der Waals surface area contributed by atoms with Crippen molar-refractivity contribution >= 4 is 0 Å². The molecule has 0 aliphatic rings. The summed E-state index contributed by atoms with van der Waals surface area (Å²) in [5.41, 5.74) is 0. The van der Waals surface area contributed by atoms with Crippen LogP contribution in [0, 0.1) is 50.6 Å². The Morgan fingerprint density at radius 2 is 0.278 bits per heavy atom. The first-order valence-electron chi connectivity index (χ1n) is 2.83. The van der Waals surface area contributed by atoms with Crippen LogP contribution in [0.2, 0.25) is 0 Å². The molecule has 0 saturated heterocycles. The van der Waals surface area contributed by atoms with Crippen molar-refractivity contribution in [2.24, 2.45) is 0 Å². The summed E-state index contributed by atoms with van der Waals surface area (Å²) >= 11 is 0. The minimum absolute atomic E-state index is 0. The molecule has 0 radical (unpaired) electrons. The van der Waals surface area contributed by atoms with Crippen LogP contribution >= 0.6 is 0 Å².